The molecule has 1 aromatic heterocycles. The normalized spacial score (nSPS) is 31.6. The molecule has 1 aromatic rings. The molecule has 0 aromatic carbocycles. The Kier molecular flexibility index (Phi) is 2.07. The molecule has 0 spiro atoms. The van der Waals surface area contributed by atoms with Crippen molar-refractivity contribution >= 4 is 0 Å². The van der Waals surface area contributed by atoms with Crippen LogP contribution in [0.5, 0.6) is 0 Å². The van der Waals surface area contributed by atoms with Gasteiger partial charge in [0.1, 0.15) is 5.76 Å². The second-order valence-electron chi connectivity index (χ2n) is 6.04. The number of furan rings is 1. The lowest BCUT2D eigenvalue weighted by Crippen LogP contribution is -2.40. The van der Waals surface area contributed by atoms with Gasteiger partial charge >= 0.3 is 0 Å². The van der Waals surface area contributed by atoms with Crippen LogP contribution in [-0.4, -0.2) is 0 Å². The Bertz CT molecular complexity index is 436. The number of hydrogen-bond donors (Lipinski definition) is 0. The average molecular weight is 216 g/mol. The fourth-order valence-corrected chi connectivity index (χ4v) is 3.77. The maximum absolute atomic E-state index is 5.66. The molecule has 0 bridgehead atoms. The number of fused-ring (bicyclic) bond motifs is 2. The first-order chi connectivity index (χ1) is 7.59. The summed E-state index contributed by atoms with van der Waals surface area (Å²) in [7, 11) is 0. The highest BCUT2D eigenvalue weighted by molar-refractivity contribution is 5.33. The van der Waals surface area contributed by atoms with Gasteiger partial charge in [-0.1, -0.05) is 25.5 Å². The van der Waals surface area contributed by atoms with Gasteiger partial charge in [0.2, 0.25) is 0 Å². The van der Waals surface area contributed by atoms with Crippen molar-refractivity contribution in [2.75, 3.05) is 0 Å². The van der Waals surface area contributed by atoms with E-state index in [-0.39, 0.29) is 5.41 Å². The summed E-state index contributed by atoms with van der Waals surface area (Å²) in [5.41, 5.74) is 3.29. The molecule has 3 rings (SSSR count). The van der Waals surface area contributed by atoms with Crippen molar-refractivity contribution in [1.82, 2.24) is 0 Å². The second kappa shape index (κ2) is 3.26. The molecule has 1 heteroatoms. The van der Waals surface area contributed by atoms with E-state index in [0.29, 0.717) is 0 Å². The summed E-state index contributed by atoms with van der Waals surface area (Å²) in [5.74, 6) is 2.82. The van der Waals surface area contributed by atoms with Crippen LogP contribution in [0.3, 0.4) is 0 Å². The van der Waals surface area contributed by atoms with Gasteiger partial charge in [0.05, 0.1) is 6.26 Å². The molecule has 0 fully saturated rings. The standard InChI is InChI=1S/C15H20O/c1-10-4-5-12-11(8-10)9-14-13(6-7-16-14)15(12,2)3/h4,6-7,11-12H,5,8-9H2,1-3H3/t11-,12-/m1/s1. The van der Waals surface area contributed by atoms with Gasteiger partial charge < -0.3 is 4.42 Å². The van der Waals surface area contributed by atoms with Crippen molar-refractivity contribution in [2.45, 2.75) is 45.4 Å². The zero-order valence-corrected chi connectivity index (χ0v) is 10.4. The summed E-state index contributed by atoms with van der Waals surface area (Å²) in [6.45, 7) is 7.03. The molecule has 2 aliphatic rings. The Labute approximate surface area is 97.5 Å². The Morgan fingerprint density at radius 1 is 1.31 bits per heavy atom. The van der Waals surface area contributed by atoms with Crippen molar-refractivity contribution in [3.63, 3.8) is 0 Å². The minimum atomic E-state index is 0.280. The first-order valence-electron chi connectivity index (χ1n) is 6.31. The molecule has 0 saturated carbocycles. The molecule has 0 saturated heterocycles. The van der Waals surface area contributed by atoms with Crippen molar-refractivity contribution < 1.29 is 4.42 Å². The fourth-order valence-electron chi connectivity index (χ4n) is 3.77. The Morgan fingerprint density at radius 2 is 2.12 bits per heavy atom. The van der Waals surface area contributed by atoms with Gasteiger partial charge in [-0.15, -0.1) is 0 Å². The van der Waals surface area contributed by atoms with Crippen LogP contribution in [0.25, 0.3) is 0 Å². The summed E-state index contributed by atoms with van der Waals surface area (Å²) < 4.78 is 5.66. The third kappa shape index (κ3) is 1.30. The summed E-state index contributed by atoms with van der Waals surface area (Å²) in [6.07, 6.45) is 7.95. The van der Waals surface area contributed by atoms with E-state index in [1.165, 1.54) is 24.2 Å². The molecule has 0 radical (unpaired) electrons. The summed E-state index contributed by atoms with van der Waals surface area (Å²) in [6, 6.07) is 2.18. The molecule has 2 atom stereocenters. The third-order valence-electron chi connectivity index (χ3n) is 4.69. The average Bonchev–Trinajstić information content (AvgIpc) is 2.65. The van der Waals surface area contributed by atoms with Crippen LogP contribution in [0.2, 0.25) is 0 Å². The molecule has 0 N–H and O–H groups in total. The van der Waals surface area contributed by atoms with Gasteiger partial charge in [-0.25, -0.2) is 0 Å². The van der Waals surface area contributed by atoms with Gasteiger partial charge in [-0.3, -0.25) is 0 Å². The van der Waals surface area contributed by atoms with E-state index in [4.69, 9.17) is 4.42 Å². The summed E-state index contributed by atoms with van der Waals surface area (Å²) in [5, 5.41) is 0. The van der Waals surface area contributed by atoms with Gasteiger partial charge in [-0.05, 0) is 48.6 Å². The number of hydrogen-bond acceptors (Lipinski definition) is 1. The predicted molar refractivity (Wildman–Crippen MR) is 65.4 cm³/mol. The van der Waals surface area contributed by atoms with E-state index in [1.54, 1.807) is 5.57 Å². The predicted octanol–water partition coefficient (Wildman–Crippen LogP) is 4.09. The summed E-state index contributed by atoms with van der Waals surface area (Å²) in [4.78, 5) is 0. The number of rotatable bonds is 0. The first kappa shape index (κ1) is 10.2. The van der Waals surface area contributed by atoms with Crippen molar-refractivity contribution in [3.05, 3.63) is 35.3 Å². The molecule has 0 aliphatic heterocycles. The van der Waals surface area contributed by atoms with Crippen molar-refractivity contribution in [1.29, 1.82) is 0 Å². The topological polar surface area (TPSA) is 13.1 Å². The highest BCUT2D eigenvalue weighted by Crippen LogP contribution is 2.49. The molecule has 1 nitrogen and oxygen atoms in total. The largest absolute Gasteiger partial charge is 0.469 e. The van der Waals surface area contributed by atoms with Crippen LogP contribution >= 0.6 is 0 Å². The fraction of sp³-hybridized carbons (Fsp3) is 0.600. The van der Waals surface area contributed by atoms with Gasteiger partial charge in [-0.2, -0.15) is 0 Å². The quantitative estimate of drug-likeness (QED) is 0.595. The van der Waals surface area contributed by atoms with Gasteiger partial charge in [0, 0.05) is 6.42 Å². The molecular weight excluding hydrogens is 196 g/mol. The van der Waals surface area contributed by atoms with Crippen molar-refractivity contribution in [2.24, 2.45) is 11.8 Å². The molecule has 0 amide bonds. The Morgan fingerprint density at radius 3 is 2.94 bits per heavy atom. The zero-order chi connectivity index (χ0) is 11.3. The molecule has 16 heavy (non-hydrogen) atoms. The minimum absolute atomic E-state index is 0.280. The van der Waals surface area contributed by atoms with E-state index in [1.807, 2.05) is 6.26 Å². The monoisotopic (exact) mass is 216 g/mol. The Balaban J connectivity index is 2.05. The van der Waals surface area contributed by atoms with Crippen LogP contribution in [0.1, 0.15) is 44.9 Å². The lowest BCUT2D eigenvalue weighted by Gasteiger charge is -2.45. The van der Waals surface area contributed by atoms with E-state index in [2.05, 4.69) is 32.9 Å². The maximum Gasteiger partial charge on any atom is 0.107 e. The molecular formula is C15H20O. The molecule has 1 heterocycles. The van der Waals surface area contributed by atoms with Crippen LogP contribution < -0.4 is 0 Å². The lowest BCUT2D eigenvalue weighted by molar-refractivity contribution is 0.169. The zero-order valence-electron chi connectivity index (χ0n) is 10.4. The van der Waals surface area contributed by atoms with Gasteiger partial charge in [0.25, 0.3) is 0 Å². The second-order valence-corrected chi connectivity index (χ2v) is 6.04. The maximum atomic E-state index is 5.66. The Hall–Kier alpha value is -0.980. The van der Waals surface area contributed by atoms with E-state index in [0.717, 1.165) is 18.3 Å². The lowest BCUT2D eigenvalue weighted by atomic mass is 9.59. The van der Waals surface area contributed by atoms with E-state index < -0.39 is 0 Å². The number of allylic oxidation sites excluding steroid dienone is 2. The molecule has 0 unspecified atom stereocenters. The third-order valence-corrected chi connectivity index (χ3v) is 4.69. The SMILES string of the molecule is CC1=CC[C@@H]2[C@H](C1)Cc1occc1C2(C)C. The molecule has 86 valence electrons. The van der Waals surface area contributed by atoms with E-state index >= 15 is 0 Å². The highest BCUT2D eigenvalue weighted by Gasteiger charge is 2.44. The van der Waals surface area contributed by atoms with Crippen LogP contribution in [-0.2, 0) is 11.8 Å². The minimum Gasteiger partial charge on any atom is -0.469 e. The van der Waals surface area contributed by atoms with Crippen LogP contribution in [0, 0.1) is 11.8 Å². The van der Waals surface area contributed by atoms with Crippen molar-refractivity contribution in [3.8, 4) is 0 Å². The van der Waals surface area contributed by atoms with Crippen LogP contribution in [0.15, 0.2) is 28.4 Å². The first-order valence-corrected chi connectivity index (χ1v) is 6.31. The summed E-state index contributed by atoms with van der Waals surface area (Å²) >= 11 is 0. The van der Waals surface area contributed by atoms with Crippen LogP contribution in [0.4, 0.5) is 0 Å². The molecule has 2 aliphatic carbocycles. The van der Waals surface area contributed by atoms with Gasteiger partial charge in [0.15, 0.2) is 0 Å². The smallest absolute Gasteiger partial charge is 0.107 e. The van der Waals surface area contributed by atoms with E-state index in [9.17, 15) is 0 Å². The highest BCUT2D eigenvalue weighted by atomic mass is 16.3.